The summed E-state index contributed by atoms with van der Waals surface area (Å²) in [7, 11) is 2.05. The van der Waals surface area contributed by atoms with Crippen molar-refractivity contribution in [3.05, 3.63) is 65.0 Å². The third-order valence-corrected chi connectivity index (χ3v) is 5.40. The molecule has 4 heteroatoms. The number of hydrogen-bond acceptors (Lipinski definition) is 4. The van der Waals surface area contributed by atoms with Gasteiger partial charge in [0.2, 0.25) is 0 Å². The van der Waals surface area contributed by atoms with Crippen molar-refractivity contribution in [2.24, 2.45) is 5.41 Å². The standard InChI is InChI=1S/C21H25N3O/c1-15(2)16-5-7-17(8-6-16)21(25,20(3)13-24(4)14-20)18-9-10-23-19(11-18)12-22/h5-11,15,25H,13-14H2,1-4H3. The van der Waals surface area contributed by atoms with Crippen LogP contribution in [0.25, 0.3) is 0 Å². The molecule has 1 aliphatic rings. The molecule has 4 nitrogen and oxygen atoms in total. The monoisotopic (exact) mass is 335 g/mol. The van der Waals surface area contributed by atoms with Gasteiger partial charge in [0.25, 0.3) is 0 Å². The number of pyridine rings is 1. The first-order chi connectivity index (χ1) is 11.8. The summed E-state index contributed by atoms with van der Waals surface area (Å²) in [6.45, 7) is 8.01. The van der Waals surface area contributed by atoms with E-state index in [0.29, 0.717) is 11.6 Å². The van der Waals surface area contributed by atoms with E-state index in [-0.39, 0.29) is 5.41 Å². The van der Waals surface area contributed by atoms with E-state index >= 15 is 0 Å². The van der Waals surface area contributed by atoms with Gasteiger partial charge in [-0.2, -0.15) is 5.26 Å². The molecule has 25 heavy (non-hydrogen) atoms. The molecule has 0 spiro atoms. The Balaban J connectivity index is 2.14. The molecule has 0 radical (unpaired) electrons. The normalized spacial score (nSPS) is 19.1. The minimum atomic E-state index is -1.16. The van der Waals surface area contributed by atoms with Gasteiger partial charge in [-0.15, -0.1) is 0 Å². The zero-order chi connectivity index (χ0) is 18.2. The summed E-state index contributed by atoms with van der Waals surface area (Å²) >= 11 is 0. The van der Waals surface area contributed by atoms with Gasteiger partial charge in [-0.3, -0.25) is 0 Å². The number of aromatic nitrogens is 1. The lowest BCUT2D eigenvalue weighted by atomic mass is 9.62. The first kappa shape index (κ1) is 17.6. The molecule has 1 unspecified atom stereocenters. The van der Waals surface area contributed by atoms with Crippen molar-refractivity contribution in [3.8, 4) is 6.07 Å². The highest BCUT2D eigenvalue weighted by Crippen LogP contribution is 2.50. The fourth-order valence-corrected chi connectivity index (χ4v) is 4.06. The van der Waals surface area contributed by atoms with Gasteiger partial charge in [0.05, 0.1) is 0 Å². The van der Waals surface area contributed by atoms with Crippen LogP contribution in [-0.4, -0.2) is 35.1 Å². The SMILES string of the molecule is CC(C)c1ccc(C(O)(c2ccnc(C#N)c2)C2(C)CN(C)C2)cc1. The van der Waals surface area contributed by atoms with Crippen LogP contribution in [0.2, 0.25) is 0 Å². The zero-order valence-electron chi connectivity index (χ0n) is 15.3. The zero-order valence-corrected chi connectivity index (χ0v) is 15.3. The second kappa shape index (κ2) is 6.25. The van der Waals surface area contributed by atoms with Crippen LogP contribution in [0.4, 0.5) is 0 Å². The summed E-state index contributed by atoms with van der Waals surface area (Å²) in [5.41, 5.74) is 1.67. The molecule has 0 aliphatic carbocycles. The van der Waals surface area contributed by atoms with Crippen LogP contribution in [0.5, 0.6) is 0 Å². The first-order valence-electron chi connectivity index (χ1n) is 8.68. The maximum Gasteiger partial charge on any atom is 0.140 e. The average molecular weight is 335 g/mol. The molecule has 1 N–H and O–H groups in total. The Labute approximate surface area is 149 Å². The van der Waals surface area contributed by atoms with E-state index in [4.69, 9.17) is 0 Å². The summed E-state index contributed by atoms with van der Waals surface area (Å²) < 4.78 is 0. The van der Waals surface area contributed by atoms with Crippen LogP contribution in [0.1, 0.15) is 49.1 Å². The van der Waals surface area contributed by atoms with Crippen LogP contribution in [-0.2, 0) is 5.60 Å². The lowest BCUT2D eigenvalue weighted by molar-refractivity contribution is -0.127. The van der Waals surface area contributed by atoms with Crippen molar-refractivity contribution in [2.45, 2.75) is 32.3 Å². The first-order valence-corrected chi connectivity index (χ1v) is 8.68. The van der Waals surface area contributed by atoms with Gasteiger partial charge < -0.3 is 10.0 Å². The molecule has 3 rings (SSSR count). The molecule has 2 heterocycles. The molecule has 130 valence electrons. The largest absolute Gasteiger partial charge is 0.380 e. The number of aliphatic hydroxyl groups is 1. The maximum atomic E-state index is 11.9. The maximum absolute atomic E-state index is 11.9. The van der Waals surface area contributed by atoms with Gasteiger partial charge in [-0.25, -0.2) is 4.98 Å². The number of hydrogen-bond donors (Lipinski definition) is 1. The van der Waals surface area contributed by atoms with Gasteiger partial charge in [-0.05, 0) is 41.8 Å². The number of nitrogens with zero attached hydrogens (tertiary/aromatic N) is 3. The Bertz CT molecular complexity index is 801. The molecule has 0 amide bonds. The van der Waals surface area contributed by atoms with Crippen LogP contribution in [0.15, 0.2) is 42.6 Å². The van der Waals surface area contributed by atoms with Crippen LogP contribution in [0, 0.1) is 16.7 Å². The minimum absolute atomic E-state index is 0.324. The Morgan fingerprint density at radius 2 is 1.84 bits per heavy atom. The Hall–Kier alpha value is -2.22. The van der Waals surface area contributed by atoms with E-state index in [1.807, 2.05) is 18.2 Å². The van der Waals surface area contributed by atoms with Crippen LogP contribution < -0.4 is 0 Å². The molecular weight excluding hydrogens is 310 g/mol. The third kappa shape index (κ3) is 2.84. The lowest BCUT2D eigenvalue weighted by Crippen LogP contribution is -2.63. The minimum Gasteiger partial charge on any atom is -0.380 e. The molecule has 0 bridgehead atoms. The predicted molar refractivity (Wildman–Crippen MR) is 98.1 cm³/mol. The van der Waals surface area contributed by atoms with E-state index in [2.05, 4.69) is 55.9 Å². The molecule has 0 saturated carbocycles. The Morgan fingerprint density at radius 3 is 2.36 bits per heavy atom. The van der Waals surface area contributed by atoms with Gasteiger partial charge in [0.15, 0.2) is 0 Å². The summed E-state index contributed by atoms with van der Waals surface area (Å²) in [5, 5.41) is 21.1. The van der Waals surface area contributed by atoms with E-state index in [9.17, 15) is 10.4 Å². The molecule has 1 atom stereocenters. The summed E-state index contributed by atoms with van der Waals surface area (Å²) in [6, 6.07) is 13.8. The van der Waals surface area contributed by atoms with Gasteiger partial charge in [-0.1, -0.05) is 45.0 Å². The van der Waals surface area contributed by atoms with Crippen molar-refractivity contribution in [3.63, 3.8) is 0 Å². The van der Waals surface area contributed by atoms with Crippen molar-refractivity contribution in [1.29, 1.82) is 5.26 Å². The van der Waals surface area contributed by atoms with Crippen LogP contribution in [0.3, 0.4) is 0 Å². The predicted octanol–water partition coefficient (Wildman–Crippen LogP) is 3.26. The van der Waals surface area contributed by atoms with Gasteiger partial charge in [0, 0.05) is 24.7 Å². The molecular formula is C21H25N3O. The summed E-state index contributed by atoms with van der Waals surface area (Å²) in [4.78, 5) is 6.25. The molecule has 1 fully saturated rings. The fraction of sp³-hybridized carbons (Fsp3) is 0.429. The van der Waals surface area contributed by atoms with Gasteiger partial charge in [0.1, 0.15) is 17.4 Å². The smallest absolute Gasteiger partial charge is 0.140 e. The second-order valence-corrected chi connectivity index (χ2v) is 7.76. The highest BCUT2D eigenvalue weighted by atomic mass is 16.3. The Morgan fingerprint density at radius 1 is 1.20 bits per heavy atom. The molecule has 1 aromatic heterocycles. The van der Waals surface area contributed by atoms with Crippen LogP contribution >= 0.6 is 0 Å². The number of nitriles is 1. The van der Waals surface area contributed by atoms with E-state index in [1.165, 1.54) is 5.56 Å². The summed E-state index contributed by atoms with van der Waals surface area (Å²) in [5.74, 6) is 0.443. The van der Waals surface area contributed by atoms with Crippen molar-refractivity contribution < 1.29 is 5.11 Å². The van der Waals surface area contributed by atoms with E-state index in [1.54, 1.807) is 12.3 Å². The number of rotatable bonds is 4. The van der Waals surface area contributed by atoms with E-state index < -0.39 is 5.60 Å². The molecule has 1 saturated heterocycles. The summed E-state index contributed by atoms with van der Waals surface area (Å²) in [6.07, 6.45) is 1.60. The van der Waals surface area contributed by atoms with Crippen molar-refractivity contribution in [2.75, 3.05) is 20.1 Å². The quantitative estimate of drug-likeness (QED) is 0.931. The average Bonchev–Trinajstić information content (AvgIpc) is 2.59. The van der Waals surface area contributed by atoms with Crippen molar-refractivity contribution in [1.82, 2.24) is 9.88 Å². The highest BCUT2D eigenvalue weighted by molar-refractivity contribution is 5.43. The number of benzene rings is 1. The lowest BCUT2D eigenvalue weighted by Gasteiger charge is -2.56. The van der Waals surface area contributed by atoms with E-state index in [0.717, 1.165) is 24.2 Å². The third-order valence-electron chi connectivity index (χ3n) is 5.40. The fourth-order valence-electron chi connectivity index (χ4n) is 4.06. The molecule has 1 aromatic carbocycles. The number of likely N-dealkylation sites (tertiary alicyclic amines) is 1. The topological polar surface area (TPSA) is 60.2 Å². The molecule has 1 aliphatic heterocycles. The van der Waals surface area contributed by atoms with Crippen molar-refractivity contribution >= 4 is 0 Å². The molecule has 2 aromatic rings. The highest BCUT2D eigenvalue weighted by Gasteiger charge is 2.55. The Kier molecular flexibility index (Phi) is 4.40. The second-order valence-electron chi connectivity index (χ2n) is 7.76. The van der Waals surface area contributed by atoms with Gasteiger partial charge >= 0.3 is 0 Å².